The first-order chi connectivity index (χ1) is 12.6. The molecule has 0 unspecified atom stereocenters. The van der Waals surface area contributed by atoms with Crippen LogP contribution in [0.25, 0.3) is 0 Å². The smallest absolute Gasteiger partial charge is 0.147 e. The fourth-order valence-corrected chi connectivity index (χ4v) is 18.6. The number of rotatable bonds is 8. The molecule has 0 radical (unpaired) electrons. The first-order valence-electron chi connectivity index (χ1n) is 10.00. The zero-order chi connectivity index (χ0) is 21.6. The van der Waals surface area contributed by atoms with Crippen LogP contribution in [0.3, 0.4) is 0 Å². The maximum absolute atomic E-state index is 6.59. The van der Waals surface area contributed by atoms with Crippen molar-refractivity contribution >= 4 is 48.3 Å². The van der Waals surface area contributed by atoms with Gasteiger partial charge in [0.15, 0.2) is 0 Å². The minimum atomic E-state index is -3.55. The van der Waals surface area contributed by atoms with E-state index in [1.54, 1.807) is 14.2 Å². The van der Waals surface area contributed by atoms with Gasteiger partial charge in [-0.1, -0.05) is 0 Å². The minimum Gasteiger partial charge on any atom is -0.147 e. The normalized spacial score (nSPS) is 17.7. The number of halogens is 2. The second-order valence-corrected chi connectivity index (χ2v) is 48.3. The summed E-state index contributed by atoms with van der Waals surface area (Å²) in [5.74, 6) is 3.83. The van der Waals surface area contributed by atoms with Crippen LogP contribution >= 0.6 is 24.8 Å². The average molecular weight is 591 g/mol. The van der Waals surface area contributed by atoms with E-state index in [1.807, 2.05) is 0 Å². The number of ether oxygens (including phenoxy) is 2. The summed E-state index contributed by atoms with van der Waals surface area (Å²) < 4.78 is 32.6. The van der Waals surface area contributed by atoms with Crippen LogP contribution in [0, 0.1) is 0 Å². The third kappa shape index (κ3) is 6.64. The average Bonchev–Trinajstić information content (AvgIpc) is 3.08. The van der Waals surface area contributed by atoms with Gasteiger partial charge in [0.05, 0.1) is 0 Å². The van der Waals surface area contributed by atoms with Gasteiger partial charge in [0.2, 0.25) is 0 Å². The van der Waals surface area contributed by atoms with Gasteiger partial charge < -0.3 is 0 Å². The van der Waals surface area contributed by atoms with E-state index in [9.17, 15) is 0 Å². The zero-order valence-electron chi connectivity index (χ0n) is 20.2. The van der Waals surface area contributed by atoms with Gasteiger partial charge in [-0.3, -0.25) is 0 Å². The standard InChI is InChI=1S/2C9H15O2Si.2CH3.2ClH.H2Si.Zr/c2*1-10-8-6-5-7-9(8)11-12(2,3)4;;;;;;/h2*6H,5H2,1-4H3;2*1H3;2*1H;1H2;. The van der Waals surface area contributed by atoms with Gasteiger partial charge >= 0.3 is 177 Å². The predicted molar refractivity (Wildman–Crippen MR) is 137 cm³/mol. The topological polar surface area (TPSA) is 36.9 Å². The van der Waals surface area contributed by atoms with Crippen LogP contribution in [0.1, 0.15) is 12.8 Å². The second-order valence-electron chi connectivity index (χ2n) is 10.7. The van der Waals surface area contributed by atoms with E-state index in [4.69, 9.17) is 18.3 Å². The van der Waals surface area contributed by atoms with Gasteiger partial charge in [-0.2, -0.15) is 0 Å². The Bertz CT molecular complexity index is 792. The Kier molecular flexibility index (Phi) is 10.1. The molecular formula is C20H40Cl2O4Si3Zr. The van der Waals surface area contributed by atoms with Gasteiger partial charge in [-0.25, -0.2) is 0 Å². The Morgan fingerprint density at radius 1 is 0.733 bits per heavy atom. The summed E-state index contributed by atoms with van der Waals surface area (Å²) >= 11 is -3.55. The largest absolute Gasteiger partial charge is 0.147 e. The second kappa shape index (κ2) is 10.0. The fraction of sp³-hybridized carbons (Fsp3) is 0.600. The predicted octanol–water partition coefficient (Wildman–Crippen LogP) is 6.16. The molecule has 0 aliphatic heterocycles. The van der Waals surface area contributed by atoms with Crippen molar-refractivity contribution in [1.29, 1.82) is 0 Å². The molecule has 0 aromatic heterocycles. The number of allylic oxidation sites excluding steroid dienone is 4. The van der Waals surface area contributed by atoms with Crippen molar-refractivity contribution in [3.63, 3.8) is 0 Å². The molecule has 4 nitrogen and oxygen atoms in total. The van der Waals surface area contributed by atoms with Crippen LogP contribution in [-0.2, 0) is 35.7 Å². The summed E-state index contributed by atoms with van der Waals surface area (Å²) in [4.78, 5) is 0. The van der Waals surface area contributed by atoms with Gasteiger partial charge in [-0.05, 0) is 0 Å². The molecule has 0 bridgehead atoms. The summed E-state index contributed by atoms with van der Waals surface area (Å²) in [6, 6.07) is 0. The Morgan fingerprint density at radius 3 is 1.27 bits per heavy atom. The molecule has 0 saturated heterocycles. The molecule has 2 rings (SSSR count). The first kappa shape index (κ1) is 30.3. The molecule has 0 N–H and O–H groups in total. The molecule has 30 heavy (non-hydrogen) atoms. The monoisotopic (exact) mass is 588 g/mol. The van der Waals surface area contributed by atoms with Crippen LogP contribution < -0.4 is 0 Å². The summed E-state index contributed by atoms with van der Waals surface area (Å²) in [5, 5.41) is 0. The van der Waals surface area contributed by atoms with Crippen molar-refractivity contribution in [1.82, 2.24) is 0 Å². The van der Waals surface area contributed by atoms with E-state index in [-0.39, 0.29) is 24.8 Å². The van der Waals surface area contributed by atoms with Crippen molar-refractivity contribution in [2.24, 2.45) is 0 Å². The van der Waals surface area contributed by atoms with E-state index < -0.39 is 34.0 Å². The molecule has 0 atom stereocenters. The molecule has 2 aliphatic carbocycles. The van der Waals surface area contributed by atoms with Crippen molar-refractivity contribution in [3.05, 3.63) is 41.8 Å². The Hall–Kier alpha value is 0.274. The number of methoxy groups -OCH3 is 2. The van der Waals surface area contributed by atoms with E-state index in [0.717, 1.165) is 35.9 Å². The molecule has 0 saturated carbocycles. The van der Waals surface area contributed by atoms with Crippen LogP contribution in [0.5, 0.6) is 0 Å². The zero-order valence-corrected chi connectivity index (χ0v) is 27.7. The van der Waals surface area contributed by atoms with Crippen molar-refractivity contribution in [2.75, 3.05) is 14.2 Å². The van der Waals surface area contributed by atoms with Gasteiger partial charge in [0.25, 0.3) is 0 Å². The van der Waals surface area contributed by atoms with Crippen molar-refractivity contribution in [3.8, 4) is 0 Å². The first-order valence-corrected chi connectivity index (χ1v) is 30.1. The van der Waals surface area contributed by atoms with Gasteiger partial charge in [-0.15, -0.1) is 24.8 Å². The van der Waals surface area contributed by atoms with Crippen LogP contribution in [0.2, 0.25) is 48.5 Å². The molecule has 0 fully saturated rings. The maximum Gasteiger partial charge on any atom is -0.147 e. The van der Waals surface area contributed by atoms with Gasteiger partial charge in [0.1, 0.15) is 0 Å². The summed E-state index contributed by atoms with van der Waals surface area (Å²) in [7, 11) is -0.0491. The summed E-state index contributed by atoms with van der Waals surface area (Å²) in [6.45, 7) is 15.6. The summed E-state index contributed by atoms with van der Waals surface area (Å²) in [6.07, 6.45) is 6.21. The molecule has 0 aromatic rings. The third-order valence-corrected chi connectivity index (χ3v) is 23.5. The molecule has 174 valence electrons. The molecule has 0 amide bonds. The molecule has 0 aromatic carbocycles. The van der Waals surface area contributed by atoms with Crippen LogP contribution in [0.4, 0.5) is 0 Å². The van der Waals surface area contributed by atoms with Crippen LogP contribution in [0.15, 0.2) is 41.8 Å². The minimum absolute atomic E-state index is 0. The van der Waals surface area contributed by atoms with Crippen LogP contribution in [-0.4, -0.2) is 37.7 Å². The maximum atomic E-state index is 6.59. The quantitative estimate of drug-likeness (QED) is 0.318. The molecule has 0 heterocycles. The SMILES string of the molecule is COC1=CC[C]([Zr]([CH3])([CH3])(=[SiH2])[C]2=C(O[Si](C)(C)C)C(OC)=CC2)=C1O[Si](C)(C)C.Cl.Cl. The van der Waals surface area contributed by atoms with E-state index in [0.29, 0.717) is 0 Å². The van der Waals surface area contributed by atoms with E-state index in [2.05, 4.69) is 67.6 Å². The van der Waals surface area contributed by atoms with Crippen molar-refractivity contribution < 1.29 is 35.7 Å². The molecule has 10 heteroatoms. The van der Waals surface area contributed by atoms with Gasteiger partial charge in [0, 0.05) is 0 Å². The number of hydrogen-bond donors (Lipinski definition) is 0. The molecule has 2 aliphatic rings. The molecular weight excluding hydrogens is 551 g/mol. The molecule has 0 spiro atoms. The van der Waals surface area contributed by atoms with E-state index in [1.165, 1.54) is 6.56 Å². The Labute approximate surface area is 200 Å². The Balaban J connectivity index is 0.00000420. The summed E-state index contributed by atoms with van der Waals surface area (Å²) in [5.41, 5.74) is 0. The fourth-order valence-electron chi connectivity index (χ4n) is 3.81. The number of hydrogen-bond acceptors (Lipinski definition) is 4. The van der Waals surface area contributed by atoms with Crippen molar-refractivity contribution in [2.45, 2.75) is 61.4 Å². The Morgan fingerprint density at radius 2 is 1.03 bits per heavy atom. The third-order valence-electron chi connectivity index (χ3n) is 5.17. The van der Waals surface area contributed by atoms with E-state index >= 15 is 0 Å².